The maximum atomic E-state index is 13.3. The van der Waals surface area contributed by atoms with Gasteiger partial charge in [0.25, 0.3) is 0 Å². The monoisotopic (exact) mass is 489 g/mol. The van der Waals surface area contributed by atoms with E-state index in [1.807, 2.05) is 35.2 Å². The van der Waals surface area contributed by atoms with Crippen LogP contribution in [0.1, 0.15) is 104 Å². The zero-order valence-electron chi connectivity index (χ0n) is 22.9. The number of likely N-dealkylation sites (tertiary alicyclic amines) is 1. The molecule has 1 aromatic carbocycles. The van der Waals surface area contributed by atoms with Crippen LogP contribution in [-0.4, -0.2) is 38.0 Å². The molecule has 0 saturated carbocycles. The van der Waals surface area contributed by atoms with Gasteiger partial charge in [-0.05, 0) is 43.0 Å². The first-order valence-electron chi connectivity index (χ1n) is 13.8. The van der Waals surface area contributed by atoms with Crippen LogP contribution in [-0.2, 0) is 15.8 Å². The van der Waals surface area contributed by atoms with Crippen molar-refractivity contribution in [1.82, 2.24) is 4.90 Å². The maximum absolute atomic E-state index is 13.3. The normalized spacial score (nSPS) is 18.9. The average molecular weight is 490 g/mol. The summed E-state index contributed by atoms with van der Waals surface area (Å²) in [4.78, 5) is 15.3. The lowest BCUT2D eigenvalue weighted by Crippen LogP contribution is -2.48. The Morgan fingerprint density at radius 3 is 2.15 bits per heavy atom. The molecular formula is C29H51NO3Si. The number of carbonyl (C=O) groups is 1. The molecule has 2 rings (SSSR count). The molecule has 1 heterocycles. The molecular weight excluding hydrogens is 438 g/mol. The van der Waals surface area contributed by atoms with E-state index < -0.39 is 8.32 Å². The van der Waals surface area contributed by atoms with E-state index in [1.54, 1.807) is 0 Å². The van der Waals surface area contributed by atoms with Gasteiger partial charge in [-0.25, -0.2) is 4.79 Å². The Kier molecular flexibility index (Phi) is 12.1. The number of nitrogens with zero attached hydrogens (tertiary/aromatic N) is 1. The van der Waals surface area contributed by atoms with Gasteiger partial charge >= 0.3 is 6.09 Å². The summed E-state index contributed by atoms with van der Waals surface area (Å²) in [6, 6.07) is 10.4. The van der Waals surface area contributed by atoms with Gasteiger partial charge in [-0.3, -0.25) is 4.90 Å². The lowest BCUT2D eigenvalue weighted by molar-refractivity contribution is 0.0644. The van der Waals surface area contributed by atoms with Crippen molar-refractivity contribution in [3.63, 3.8) is 0 Å². The average Bonchev–Trinajstić information content (AvgIpc) is 3.20. The SMILES string of the molecule is CCCCCCCCCC[C@@H]1CC[C@@H](CO[Si](C)(C)C(C)(C)C)N1C(=O)OCc1ccccc1. The lowest BCUT2D eigenvalue weighted by atomic mass is 10.0. The molecule has 2 atom stereocenters. The van der Waals surface area contributed by atoms with Crippen molar-refractivity contribution in [2.24, 2.45) is 0 Å². The summed E-state index contributed by atoms with van der Waals surface area (Å²) in [6.07, 6.45) is 13.5. The van der Waals surface area contributed by atoms with Gasteiger partial charge in [0.1, 0.15) is 6.61 Å². The number of carbonyl (C=O) groups excluding carboxylic acids is 1. The van der Waals surface area contributed by atoms with Crippen molar-refractivity contribution in [1.29, 1.82) is 0 Å². The van der Waals surface area contributed by atoms with E-state index in [-0.39, 0.29) is 23.2 Å². The second kappa shape index (κ2) is 14.3. The van der Waals surface area contributed by atoms with Crippen LogP contribution in [0.25, 0.3) is 0 Å². The molecule has 1 aromatic rings. The van der Waals surface area contributed by atoms with Gasteiger partial charge in [0.05, 0.1) is 12.6 Å². The molecule has 4 nitrogen and oxygen atoms in total. The first-order chi connectivity index (χ1) is 16.2. The van der Waals surface area contributed by atoms with E-state index in [0.717, 1.165) is 24.8 Å². The van der Waals surface area contributed by atoms with E-state index in [1.165, 1.54) is 51.4 Å². The minimum atomic E-state index is -1.86. The van der Waals surface area contributed by atoms with E-state index in [9.17, 15) is 4.79 Å². The predicted octanol–water partition coefficient (Wildman–Crippen LogP) is 8.71. The molecule has 1 saturated heterocycles. The summed E-state index contributed by atoms with van der Waals surface area (Å²) in [5.74, 6) is 0. The fourth-order valence-electron chi connectivity index (χ4n) is 4.54. The van der Waals surface area contributed by atoms with Crippen LogP contribution < -0.4 is 0 Å². The minimum Gasteiger partial charge on any atom is -0.445 e. The third-order valence-electron chi connectivity index (χ3n) is 7.87. The third-order valence-corrected chi connectivity index (χ3v) is 12.4. The Labute approximate surface area is 210 Å². The smallest absolute Gasteiger partial charge is 0.410 e. The van der Waals surface area contributed by atoms with E-state index in [0.29, 0.717) is 13.2 Å². The highest BCUT2D eigenvalue weighted by atomic mass is 28.4. The topological polar surface area (TPSA) is 38.8 Å². The molecule has 0 N–H and O–H groups in total. The maximum Gasteiger partial charge on any atom is 0.410 e. The number of hydrogen-bond acceptors (Lipinski definition) is 3. The van der Waals surface area contributed by atoms with Gasteiger partial charge in [-0.2, -0.15) is 0 Å². The minimum absolute atomic E-state index is 0.122. The molecule has 0 spiro atoms. The van der Waals surface area contributed by atoms with Crippen molar-refractivity contribution in [2.45, 2.75) is 135 Å². The zero-order valence-corrected chi connectivity index (χ0v) is 23.9. The van der Waals surface area contributed by atoms with Gasteiger partial charge in [0, 0.05) is 6.04 Å². The summed E-state index contributed by atoms with van der Waals surface area (Å²) in [6.45, 7) is 14.6. The molecule has 194 valence electrons. The van der Waals surface area contributed by atoms with E-state index in [2.05, 4.69) is 40.8 Å². The molecule has 0 aliphatic carbocycles. The lowest BCUT2D eigenvalue weighted by Gasteiger charge is -2.38. The van der Waals surface area contributed by atoms with Gasteiger partial charge in [-0.1, -0.05) is 109 Å². The van der Waals surface area contributed by atoms with Crippen molar-refractivity contribution < 1.29 is 14.0 Å². The van der Waals surface area contributed by atoms with Crippen molar-refractivity contribution in [2.75, 3.05) is 6.61 Å². The second-order valence-corrected chi connectivity index (χ2v) is 16.5. The number of ether oxygens (including phenoxy) is 1. The molecule has 34 heavy (non-hydrogen) atoms. The van der Waals surface area contributed by atoms with Crippen molar-refractivity contribution in [3.05, 3.63) is 35.9 Å². The molecule has 1 fully saturated rings. The van der Waals surface area contributed by atoms with Gasteiger partial charge in [0.15, 0.2) is 8.32 Å². The Morgan fingerprint density at radius 2 is 1.53 bits per heavy atom. The Balaban J connectivity index is 1.92. The molecule has 0 radical (unpaired) electrons. The van der Waals surface area contributed by atoms with Gasteiger partial charge < -0.3 is 9.16 Å². The number of hydrogen-bond donors (Lipinski definition) is 0. The molecule has 1 aliphatic rings. The first-order valence-corrected chi connectivity index (χ1v) is 16.7. The Bertz CT molecular complexity index is 701. The fourth-order valence-corrected chi connectivity index (χ4v) is 5.58. The van der Waals surface area contributed by atoms with Crippen LogP contribution >= 0.6 is 0 Å². The fraction of sp³-hybridized carbons (Fsp3) is 0.759. The summed E-state index contributed by atoms with van der Waals surface area (Å²) < 4.78 is 12.3. The Morgan fingerprint density at radius 1 is 0.941 bits per heavy atom. The molecule has 0 aromatic heterocycles. The van der Waals surface area contributed by atoms with Gasteiger partial charge in [-0.15, -0.1) is 0 Å². The highest BCUT2D eigenvalue weighted by Crippen LogP contribution is 2.38. The van der Waals surface area contributed by atoms with Crippen molar-refractivity contribution in [3.8, 4) is 0 Å². The standard InChI is InChI=1S/C29H51NO3Si/c1-7-8-9-10-11-12-13-17-20-26-21-22-27(24-33-34(5,6)29(2,3)4)30(26)28(31)32-23-25-18-15-14-16-19-25/h14-16,18-19,26-27H,7-13,17,20-24H2,1-6H3/t26-,27+/m1/s1. The predicted molar refractivity (Wildman–Crippen MR) is 146 cm³/mol. The molecule has 1 aliphatic heterocycles. The van der Waals surface area contributed by atoms with Crippen LogP contribution in [0.2, 0.25) is 18.1 Å². The highest BCUT2D eigenvalue weighted by Gasteiger charge is 2.41. The van der Waals surface area contributed by atoms with Crippen LogP contribution in [0.15, 0.2) is 30.3 Å². The quantitative estimate of drug-likeness (QED) is 0.194. The highest BCUT2D eigenvalue weighted by molar-refractivity contribution is 6.74. The Hall–Kier alpha value is -1.33. The number of benzene rings is 1. The number of unbranched alkanes of at least 4 members (excludes halogenated alkanes) is 7. The van der Waals surface area contributed by atoms with Gasteiger partial charge in [0.2, 0.25) is 0 Å². The van der Waals surface area contributed by atoms with Crippen LogP contribution in [0.3, 0.4) is 0 Å². The van der Waals surface area contributed by atoms with Crippen LogP contribution in [0.5, 0.6) is 0 Å². The van der Waals surface area contributed by atoms with Crippen LogP contribution in [0.4, 0.5) is 4.79 Å². The molecule has 0 unspecified atom stereocenters. The molecule has 5 heteroatoms. The van der Waals surface area contributed by atoms with E-state index in [4.69, 9.17) is 9.16 Å². The summed E-state index contributed by atoms with van der Waals surface area (Å²) in [5, 5.41) is 0.167. The molecule has 0 bridgehead atoms. The number of rotatable bonds is 14. The largest absolute Gasteiger partial charge is 0.445 e. The van der Waals surface area contributed by atoms with E-state index >= 15 is 0 Å². The summed E-state index contributed by atoms with van der Waals surface area (Å²) >= 11 is 0. The zero-order chi connectivity index (χ0) is 25.0. The number of amides is 1. The summed E-state index contributed by atoms with van der Waals surface area (Å²) in [7, 11) is -1.86. The van der Waals surface area contributed by atoms with Crippen molar-refractivity contribution >= 4 is 14.4 Å². The summed E-state index contributed by atoms with van der Waals surface area (Å²) in [5.41, 5.74) is 1.03. The molecule has 1 amide bonds. The second-order valence-electron chi connectivity index (χ2n) is 11.7. The van der Waals surface area contributed by atoms with Crippen LogP contribution in [0, 0.1) is 0 Å². The first kappa shape index (κ1) is 28.9. The third kappa shape index (κ3) is 9.37.